The second-order valence-corrected chi connectivity index (χ2v) is 6.98. The molecule has 1 aromatic heterocycles. The minimum Gasteiger partial charge on any atom is -0.341 e. The average Bonchev–Trinajstić information content (AvgIpc) is 2.88. The predicted octanol–water partition coefficient (Wildman–Crippen LogP) is 2.80. The lowest BCUT2D eigenvalue weighted by atomic mass is 9.93. The Bertz CT molecular complexity index is 708. The molecule has 0 fully saturated rings. The number of nitrogens with two attached hydrogens (primary N) is 1. The highest BCUT2D eigenvalue weighted by Crippen LogP contribution is 2.29. The average molecular weight is 335 g/mol. The number of amides is 1. The number of carbonyl (C=O) groups is 1. The molecule has 0 saturated heterocycles. The van der Waals surface area contributed by atoms with Crippen molar-refractivity contribution in [3.63, 3.8) is 0 Å². The van der Waals surface area contributed by atoms with Gasteiger partial charge in [-0.25, -0.2) is 0 Å². The van der Waals surface area contributed by atoms with Gasteiger partial charge in [0.15, 0.2) is 0 Å². The van der Waals surface area contributed by atoms with E-state index >= 15 is 0 Å². The number of hydrogen-bond donors (Lipinski definition) is 1. The fourth-order valence-corrected chi connectivity index (χ4v) is 2.71. The van der Waals surface area contributed by atoms with Crippen LogP contribution in [0.3, 0.4) is 0 Å². The van der Waals surface area contributed by atoms with Crippen molar-refractivity contribution in [3.8, 4) is 11.3 Å². The molecular formula is C17H23ClN4O. The van der Waals surface area contributed by atoms with E-state index in [0.717, 1.165) is 5.56 Å². The van der Waals surface area contributed by atoms with Crippen molar-refractivity contribution in [1.82, 2.24) is 14.7 Å². The Morgan fingerprint density at radius 1 is 1.39 bits per heavy atom. The lowest BCUT2D eigenvalue weighted by Gasteiger charge is -2.29. The number of halogens is 1. The van der Waals surface area contributed by atoms with Crippen LogP contribution in [0, 0.1) is 5.41 Å². The van der Waals surface area contributed by atoms with Crippen LogP contribution in [-0.2, 0) is 7.05 Å². The van der Waals surface area contributed by atoms with E-state index in [0.29, 0.717) is 29.4 Å². The summed E-state index contributed by atoms with van der Waals surface area (Å²) >= 11 is 6.26. The number of rotatable bonds is 5. The summed E-state index contributed by atoms with van der Waals surface area (Å²) in [5.41, 5.74) is 7.51. The molecule has 5 nitrogen and oxygen atoms in total. The van der Waals surface area contributed by atoms with Crippen molar-refractivity contribution < 1.29 is 4.79 Å². The lowest BCUT2D eigenvalue weighted by molar-refractivity contribution is 0.0741. The van der Waals surface area contributed by atoms with E-state index in [-0.39, 0.29) is 11.3 Å². The SMILES string of the molecule is CN(CC(C)(C)CN)C(=O)c1cn(C)nc1-c1ccccc1Cl. The molecule has 2 aromatic rings. The molecule has 0 saturated carbocycles. The van der Waals surface area contributed by atoms with Gasteiger partial charge < -0.3 is 10.6 Å². The van der Waals surface area contributed by atoms with E-state index in [1.165, 1.54) is 0 Å². The molecule has 0 atom stereocenters. The summed E-state index contributed by atoms with van der Waals surface area (Å²) in [6.45, 7) is 5.15. The molecule has 0 aliphatic carbocycles. The van der Waals surface area contributed by atoms with Crippen LogP contribution in [-0.4, -0.2) is 40.7 Å². The zero-order valence-electron chi connectivity index (χ0n) is 14.0. The van der Waals surface area contributed by atoms with Gasteiger partial charge in [-0.05, 0) is 18.0 Å². The molecule has 0 aliphatic rings. The van der Waals surface area contributed by atoms with Crippen LogP contribution in [0.5, 0.6) is 0 Å². The number of benzene rings is 1. The van der Waals surface area contributed by atoms with Crippen molar-refractivity contribution in [1.29, 1.82) is 0 Å². The molecule has 6 heteroatoms. The van der Waals surface area contributed by atoms with Crippen LogP contribution in [0.15, 0.2) is 30.5 Å². The van der Waals surface area contributed by atoms with Crippen molar-refractivity contribution in [2.45, 2.75) is 13.8 Å². The Balaban J connectivity index is 2.37. The van der Waals surface area contributed by atoms with E-state index in [4.69, 9.17) is 17.3 Å². The number of aryl methyl sites for hydroxylation is 1. The Kier molecular flexibility index (Phi) is 5.12. The van der Waals surface area contributed by atoms with E-state index in [2.05, 4.69) is 5.10 Å². The van der Waals surface area contributed by atoms with Crippen LogP contribution < -0.4 is 5.73 Å². The predicted molar refractivity (Wildman–Crippen MR) is 93.4 cm³/mol. The summed E-state index contributed by atoms with van der Waals surface area (Å²) in [4.78, 5) is 14.5. The first-order chi connectivity index (χ1) is 10.7. The van der Waals surface area contributed by atoms with Gasteiger partial charge in [0.2, 0.25) is 0 Å². The van der Waals surface area contributed by atoms with E-state index in [1.807, 2.05) is 32.0 Å². The molecule has 0 unspecified atom stereocenters. The second kappa shape index (κ2) is 6.72. The minimum absolute atomic E-state index is 0.0884. The summed E-state index contributed by atoms with van der Waals surface area (Å²) < 4.78 is 1.63. The lowest BCUT2D eigenvalue weighted by Crippen LogP contribution is -2.39. The summed E-state index contributed by atoms with van der Waals surface area (Å²) in [7, 11) is 3.57. The first-order valence-electron chi connectivity index (χ1n) is 7.49. The van der Waals surface area contributed by atoms with Crippen molar-refractivity contribution in [2.24, 2.45) is 18.2 Å². The van der Waals surface area contributed by atoms with Gasteiger partial charge in [0.25, 0.3) is 5.91 Å². The quantitative estimate of drug-likeness (QED) is 0.914. The van der Waals surface area contributed by atoms with E-state index in [9.17, 15) is 4.79 Å². The highest BCUT2D eigenvalue weighted by molar-refractivity contribution is 6.33. The zero-order valence-corrected chi connectivity index (χ0v) is 14.8. The fourth-order valence-electron chi connectivity index (χ4n) is 2.48. The summed E-state index contributed by atoms with van der Waals surface area (Å²) in [5, 5.41) is 5.00. The Morgan fingerprint density at radius 2 is 2.04 bits per heavy atom. The second-order valence-electron chi connectivity index (χ2n) is 6.57. The standard InChI is InChI=1S/C17H23ClN4O/c1-17(2,10-19)11-21(3)16(23)13-9-22(4)20-15(13)12-7-5-6-8-14(12)18/h5-9H,10-11,19H2,1-4H3. The molecule has 0 aliphatic heterocycles. The molecule has 2 rings (SSSR count). The van der Waals surface area contributed by atoms with Gasteiger partial charge in [-0.3, -0.25) is 9.48 Å². The third kappa shape index (κ3) is 3.92. The van der Waals surface area contributed by atoms with Gasteiger partial charge in [0.1, 0.15) is 5.69 Å². The van der Waals surface area contributed by atoms with Crippen LogP contribution >= 0.6 is 11.6 Å². The molecule has 2 N–H and O–H groups in total. The highest BCUT2D eigenvalue weighted by Gasteiger charge is 2.25. The topological polar surface area (TPSA) is 64.2 Å². The Hall–Kier alpha value is -1.85. The molecule has 0 radical (unpaired) electrons. The van der Waals surface area contributed by atoms with Crippen LogP contribution in [0.25, 0.3) is 11.3 Å². The first-order valence-corrected chi connectivity index (χ1v) is 7.87. The molecule has 1 aromatic carbocycles. The van der Waals surface area contributed by atoms with Crippen LogP contribution in [0.4, 0.5) is 0 Å². The van der Waals surface area contributed by atoms with Gasteiger partial charge in [0, 0.05) is 32.4 Å². The maximum absolute atomic E-state index is 12.8. The van der Waals surface area contributed by atoms with E-state index < -0.39 is 0 Å². The summed E-state index contributed by atoms with van der Waals surface area (Å²) in [6.07, 6.45) is 1.73. The maximum Gasteiger partial charge on any atom is 0.257 e. The monoisotopic (exact) mass is 334 g/mol. The van der Waals surface area contributed by atoms with E-state index in [1.54, 1.807) is 35.9 Å². The van der Waals surface area contributed by atoms with Crippen molar-refractivity contribution in [3.05, 3.63) is 41.0 Å². The normalized spacial score (nSPS) is 11.6. The van der Waals surface area contributed by atoms with Gasteiger partial charge in [-0.1, -0.05) is 43.6 Å². The smallest absolute Gasteiger partial charge is 0.257 e. The summed E-state index contributed by atoms with van der Waals surface area (Å²) in [6, 6.07) is 7.39. The molecule has 1 heterocycles. The molecular weight excluding hydrogens is 312 g/mol. The van der Waals surface area contributed by atoms with Crippen LogP contribution in [0.2, 0.25) is 5.02 Å². The third-order valence-corrected chi connectivity index (χ3v) is 4.08. The van der Waals surface area contributed by atoms with Crippen molar-refractivity contribution >= 4 is 17.5 Å². The van der Waals surface area contributed by atoms with Gasteiger partial charge >= 0.3 is 0 Å². The molecule has 0 spiro atoms. The molecule has 0 bridgehead atoms. The fraction of sp³-hybridized carbons (Fsp3) is 0.412. The van der Waals surface area contributed by atoms with Gasteiger partial charge in [-0.15, -0.1) is 0 Å². The zero-order chi connectivity index (χ0) is 17.2. The molecule has 23 heavy (non-hydrogen) atoms. The number of nitrogens with zero attached hydrogens (tertiary/aromatic N) is 3. The summed E-state index contributed by atoms with van der Waals surface area (Å²) in [5.74, 6) is -0.0884. The third-order valence-electron chi connectivity index (χ3n) is 3.75. The van der Waals surface area contributed by atoms with Crippen LogP contribution in [0.1, 0.15) is 24.2 Å². The highest BCUT2D eigenvalue weighted by atomic mass is 35.5. The Morgan fingerprint density at radius 3 is 2.65 bits per heavy atom. The molecule has 1 amide bonds. The molecule has 124 valence electrons. The largest absolute Gasteiger partial charge is 0.341 e. The van der Waals surface area contributed by atoms with Crippen molar-refractivity contribution in [2.75, 3.05) is 20.1 Å². The first kappa shape index (κ1) is 17.5. The number of hydrogen-bond acceptors (Lipinski definition) is 3. The Labute approximate surface area is 142 Å². The minimum atomic E-state index is -0.142. The van der Waals surface area contributed by atoms with Gasteiger partial charge in [-0.2, -0.15) is 5.10 Å². The number of aromatic nitrogens is 2. The number of carbonyl (C=O) groups excluding carboxylic acids is 1. The van der Waals surface area contributed by atoms with Gasteiger partial charge in [0.05, 0.1) is 10.6 Å². The maximum atomic E-state index is 12.8.